The molecule has 0 saturated carbocycles. The van der Waals surface area contributed by atoms with Crippen LogP contribution in [0, 0.1) is 25.7 Å². The van der Waals surface area contributed by atoms with Crippen molar-refractivity contribution in [1.82, 2.24) is 10.6 Å². The molecule has 0 radical (unpaired) electrons. The Balaban J connectivity index is 1.56. The number of hydrogen-bond donors (Lipinski definition) is 4. The van der Waals surface area contributed by atoms with Crippen LogP contribution >= 0.6 is 0 Å². The summed E-state index contributed by atoms with van der Waals surface area (Å²) in [7, 11) is 0. The van der Waals surface area contributed by atoms with Crippen LogP contribution in [0.1, 0.15) is 99.6 Å². The third-order valence-corrected chi connectivity index (χ3v) is 7.16. The molecule has 0 unspecified atom stereocenters. The molecule has 0 saturated heterocycles. The number of carbonyl (C=O) groups is 2. The topological polar surface area (TPSA) is 98.7 Å². The van der Waals surface area contributed by atoms with E-state index in [4.69, 9.17) is 0 Å². The summed E-state index contributed by atoms with van der Waals surface area (Å²) in [5.41, 5.74) is 5.85. The van der Waals surface area contributed by atoms with Crippen LogP contribution in [0.5, 0.6) is 11.5 Å². The molecule has 0 atom stereocenters. The number of benzene rings is 2. The second kappa shape index (κ2) is 16.9. The van der Waals surface area contributed by atoms with E-state index in [1.807, 2.05) is 38.1 Å². The number of amides is 2. The summed E-state index contributed by atoms with van der Waals surface area (Å²) in [6.45, 7) is 13.7. The van der Waals surface area contributed by atoms with E-state index in [0.717, 1.165) is 71.9 Å². The van der Waals surface area contributed by atoms with Gasteiger partial charge < -0.3 is 20.8 Å². The van der Waals surface area contributed by atoms with E-state index in [1.165, 1.54) is 0 Å². The third-order valence-electron chi connectivity index (χ3n) is 7.16. The van der Waals surface area contributed by atoms with E-state index in [0.29, 0.717) is 62.1 Å². The van der Waals surface area contributed by atoms with Crippen molar-refractivity contribution in [2.24, 2.45) is 11.8 Å². The van der Waals surface area contributed by atoms with Crippen LogP contribution in [0.3, 0.4) is 0 Å². The SMILES string of the molecule is Cc1cc(CCC(=O)NCCCCCCNC(=O)CCc2cc(C)c(O)c(CC(C)C)c2)cc(CC(C)C)c1O. The predicted molar refractivity (Wildman–Crippen MR) is 164 cm³/mol. The summed E-state index contributed by atoms with van der Waals surface area (Å²) in [6.07, 6.45) is 7.76. The average molecular weight is 553 g/mol. The number of phenols is 2. The van der Waals surface area contributed by atoms with Crippen molar-refractivity contribution in [3.05, 3.63) is 57.6 Å². The second-order valence-electron chi connectivity index (χ2n) is 12.2. The highest BCUT2D eigenvalue weighted by Crippen LogP contribution is 2.28. The molecular weight excluding hydrogens is 500 g/mol. The molecule has 0 spiro atoms. The zero-order chi connectivity index (χ0) is 29.7. The first-order chi connectivity index (χ1) is 19.0. The van der Waals surface area contributed by atoms with Gasteiger partial charge in [-0.25, -0.2) is 0 Å². The fourth-order valence-corrected chi connectivity index (χ4v) is 5.10. The van der Waals surface area contributed by atoms with Gasteiger partial charge in [0.2, 0.25) is 11.8 Å². The maximum atomic E-state index is 12.3. The minimum absolute atomic E-state index is 0.0588. The molecule has 2 amide bonds. The van der Waals surface area contributed by atoms with Crippen molar-refractivity contribution in [3.63, 3.8) is 0 Å². The maximum absolute atomic E-state index is 12.3. The summed E-state index contributed by atoms with van der Waals surface area (Å²) >= 11 is 0. The van der Waals surface area contributed by atoms with Crippen molar-refractivity contribution in [3.8, 4) is 11.5 Å². The van der Waals surface area contributed by atoms with Crippen molar-refractivity contribution in [2.75, 3.05) is 13.1 Å². The van der Waals surface area contributed by atoms with Crippen molar-refractivity contribution in [2.45, 2.75) is 106 Å². The summed E-state index contributed by atoms with van der Waals surface area (Å²) < 4.78 is 0. The number of aromatic hydroxyl groups is 2. The lowest BCUT2D eigenvalue weighted by Gasteiger charge is -2.13. The van der Waals surface area contributed by atoms with Gasteiger partial charge in [-0.1, -0.05) is 64.8 Å². The summed E-state index contributed by atoms with van der Waals surface area (Å²) in [5.74, 6) is 1.79. The fraction of sp³-hybridized carbons (Fsp3) is 0.588. The van der Waals surface area contributed by atoms with Gasteiger partial charge in [0.15, 0.2) is 0 Å². The Morgan fingerprint density at radius 3 is 1.38 bits per heavy atom. The fourth-order valence-electron chi connectivity index (χ4n) is 5.10. The monoisotopic (exact) mass is 552 g/mol. The molecule has 0 aliphatic carbocycles. The molecule has 4 N–H and O–H groups in total. The highest BCUT2D eigenvalue weighted by atomic mass is 16.3. The van der Waals surface area contributed by atoms with Crippen LogP contribution < -0.4 is 10.6 Å². The van der Waals surface area contributed by atoms with E-state index < -0.39 is 0 Å². The number of aryl methyl sites for hydroxylation is 4. The molecule has 0 aliphatic rings. The molecular formula is C34H52N2O4. The Morgan fingerprint density at radius 1 is 0.650 bits per heavy atom. The molecule has 6 nitrogen and oxygen atoms in total. The first-order valence-corrected chi connectivity index (χ1v) is 15.1. The number of nitrogens with one attached hydrogen (secondary N) is 2. The van der Waals surface area contributed by atoms with Crippen molar-refractivity contribution >= 4 is 11.8 Å². The molecule has 6 heteroatoms. The molecule has 2 aromatic carbocycles. The summed E-state index contributed by atoms with van der Waals surface area (Å²) in [6, 6.07) is 8.02. The Hall–Kier alpha value is -3.02. The Morgan fingerprint density at radius 2 is 1.02 bits per heavy atom. The molecule has 0 aliphatic heterocycles. The van der Waals surface area contributed by atoms with Gasteiger partial charge >= 0.3 is 0 Å². The van der Waals surface area contributed by atoms with E-state index in [1.54, 1.807) is 0 Å². The lowest BCUT2D eigenvalue weighted by Crippen LogP contribution is -2.25. The standard InChI is InChI=1S/C34H52N2O4/c1-23(2)17-29-21-27(19-25(5)33(29)39)11-13-31(37)35-15-9-7-8-10-16-36-32(38)14-12-28-20-26(6)34(40)30(22-28)18-24(3)4/h19-24,39-40H,7-18H2,1-6H3,(H,35,37)(H,36,38). The Kier molecular flexibility index (Phi) is 14.1. The van der Waals surface area contributed by atoms with Gasteiger partial charge in [0.25, 0.3) is 0 Å². The lowest BCUT2D eigenvalue weighted by atomic mass is 9.95. The van der Waals surface area contributed by atoms with Crippen LogP contribution in [0.4, 0.5) is 0 Å². The van der Waals surface area contributed by atoms with Crippen LogP contribution in [0.25, 0.3) is 0 Å². The van der Waals surface area contributed by atoms with Crippen LogP contribution in [0.15, 0.2) is 24.3 Å². The van der Waals surface area contributed by atoms with Gasteiger partial charge in [-0.3, -0.25) is 9.59 Å². The number of carbonyl (C=O) groups excluding carboxylic acids is 2. The second-order valence-corrected chi connectivity index (χ2v) is 12.2. The lowest BCUT2D eigenvalue weighted by molar-refractivity contribution is -0.121. The van der Waals surface area contributed by atoms with Gasteiger partial charge in [-0.15, -0.1) is 0 Å². The molecule has 222 valence electrons. The highest BCUT2D eigenvalue weighted by molar-refractivity contribution is 5.76. The van der Waals surface area contributed by atoms with E-state index in [9.17, 15) is 19.8 Å². The zero-order valence-corrected chi connectivity index (χ0v) is 25.7. The van der Waals surface area contributed by atoms with Gasteiger partial charge in [-0.2, -0.15) is 0 Å². The van der Waals surface area contributed by atoms with Gasteiger partial charge in [0, 0.05) is 25.9 Å². The number of phenolic OH excluding ortho intramolecular Hbond substituents is 2. The average Bonchev–Trinajstić information content (AvgIpc) is 2.88. The number of unbranched alkanes of at least 4 members (excludes halogenated alkanes) is 3. The molecule has 0 aromatic heterocycles. The van der Waals surface area contributed by atoms with Gasteiger partial charge in [-0.05, 0) is 97.6 Å². The first kappa shape index (κ1) is 33.2. The van der Waals surface area contributed by atoms with E-state index >= 15 is 0 Å². The zero-order valence-electron chi connectivity index (χ0n) is 25.7. The quantitative estimate of drug-likeness (QED) is 0.169. The largest absolute Gasteiger partial charge is 0.507 e. The number of rotatable bonds is 17. The van der Waals surface area contributed by atoms with Crippen LogP contribution in [-0.2, 0) is 35.3 Å². The first-order valence-electron chi connectivity index (χ1n) is 15.1. The highest BCUT2D eigenvalue weighted by Gasteiger charge is 2.12. The molecule has 2 aromatic rings. The van der Waals surface area contributed by atoms with E-state index in [-0.39, 0.29) is 11.8 Å². The minimum Gasteiger partial charge on any atom is -0.507 e. The Bertz CT molecular complexity index is 1020. The number of hydrogen-bond acceptors (Lipinski definition) is 4. The van der Waals surface area contributed by atoms with Crippen molar-refractivity contribution < 1.29 is 19.8 Å². The molecule has 0 heterocycles. The smallest absolute Gasteiger partial charge is 0.220 e. The third kappa shape index (κ3) is 12.0. The summed E-state index contributed by atoms with van der Waals surface area (Å²) in [5, 5.41) is 26.6. The molecule has 2 rings (SSSR count). The molecule has 0 bridgehead atoms. The predicted octanol–water partition coefficient (Wildman–Crippen LogP) is 6.47. The minimum atomic E-state index is 0.0588. The van der Waals surface area contributed by atoms with Crippen LogP contribution in [0.2, 0.25) is 0 Å². The maximum Gasteiger partial charge on any atom is 0.220 e. The van der Waals surface area contributed by atoms with Crippen molar-refractivity contribution in [1.29, 1.82) is 0 Å². The molecule has 40 heavy (non-hydrogen) atoms. The van der Waals surface area contributed by atoms with E-state index in [2.05, 4.69) is 38.3 Å². The normalized spacial score (nSPS) is 11.3. The Labute approximate surface area is 242 Å². The van der Waals surface area contributed by atoms with Gasteiger partial charge in [0.1, 0.15) is 11.5 Å². The summed E-state index contributed by atoms with van der Waals surface area (Å²) in [4.78, 5) is 24.6. The van der Waals surface area contributed by atoms with Crippen LogP contribution in [-0.4, -0.2) is 35.1 Å². The molecule has 0 fully saturated rings. The van der Waals surface area contributed by atoms with Gasteiger partial charge in [0.05, 0.1) is 0 Å².